The summed E-state index contributed by atoms with van der Waals surface area (Å²) < 4.78 is 52.6. The summed E-state index contributed by atoms with van der Waals surface area (Å²) in [5.74, 6) is -1.94. The lowest BCUT2D eigenvalue weighted by atomic mass is 9.77. The molecule has 0 amide bonds. The molecule has 2 rings (SSSR count). The SMILES string of the molecule is CCN1C=C(I)C2CC(C(F)(F)F)C(F)CC21. The fourth-order valence-electron chi connectivity index (χ4n) is 2.81. The predicted molar refractivity (Wildman–Crippen MR) is 65.4 cm³/mol. The van der Waals surface area contributed by atoms with Crippen LogP contribution in [0.15, 0.2) is 9.78 Å². The van der Waals surface area contributed by atoms with Crippen LogP contribution in [-0.4, -0.2) is 29.8 Å². The van der Waals surface area contributed by atoms with Crippen molar-refractivity contribution in [3.05, 3.63) is 9.78 Å². The number of halogens is 5. The van der Waals surface area contributed by atoms with Crippen LogP contribution in [0.25, 0.3) is 0 Å². The van der Waals surface area contributed by atoms with Crippen molar-refractivity contribution < 1.29 is 17.6 Å². The van der Waals surface area contributed by atoms with E-state index >= 15 is 0 Å². The van der Waals surface area contributed by atoms with E-state index in [1.54, 1.807) is 0 Å². The van der Waals surface area contributed by atoms with Gasteiger partial charge in [0.1, 0.15) is 6.17 Å². The van der Waals surface area contributed by atoms with Crippen LogP contribution >= 0.6 is 22.6 Å². The Morgan fingerprint density at radius 3 is 2.59 bits per heavy atom. The molecule has 1 nitrogen and oxygen atoms in total. The highest BCUT2D eigenvalue weighted by Crippen LogP contribution is 2.49. The lowest BCUT2D eigenvalue weighted by Crippen LogP contribution is -2.46. The van der Waals surface area contributed by atoms with Crippen molar-refractivity contribution in [1.29, 1.82) is 0 Å². The molecule has 1 fully saturated rings. The maximum Gasteiger partial charge on any atom is 0.394 e. The monoisotopic (exact) mass is 363 g/mol. The van der Waals surface area contributed by atoms with Crippen LogP contribution in [0.2, 0.25) is 0 Å². The fraction of sp³-hybridized carbons (Fsp3) is 0.818. The first-order valence-electron chi connectivity index (χ1n) is 5.68. The molecule has 1 saturated carbocycles. The third kappa shape index (κ3) is 2.42. The van der Waals surface area contributed by atoms with Gasteiger partial charge in [0.15, 0.2) is 0 Å². The highest BCUT2D eigenvalue weighted by atomic mass is 127. The lowest BCUT2D eigenvalue weighted by Gasteiger charge is -2.39. The van der Waals surface area contributed by atoms with Gasteiger partial charge in [-0.1, -0.05) is 0 Å². The van der Waals surface area contributed by atoms with Crippen molar-refractivity contribution >= 4 is 22.6 Å². The van der Waals surface area contributed by atoms with Gasteiger partial charge in [-0.05, 0) is 35.9 Å². The average molecular weight is 363 g/mol. The summed E-state index contributed by atoms with van der Waals surface area (Å²) in [4.78, 5) is 1.96. The van der Waals surface area contributed by atoms with Crippen molar-refractivity contribution in [2.45, 2.75) is 38.2 Å². The molecule has 17 heavy (non-hydrogen) atoms. The van der Waals surface area contributed by atoms with Crippen LogP contribution < -0.4 is 0 Å². The molecular formula is C11H14F4IN. The van der Waals surface area contributed by atoms with Gasteiger partial charge < -0.3 is 4.90 Å². The van der Waals surface area contributed by atoms with E-state index in [0.717, 1.165) is 10.1 Å². The third-order valence-electron chi connectivity index (χ3n) is 3.73. The van der Waals surface area contributed by atoms with E-state index in [1.807, 2.05) is 18.0 Å². The summed E-state index contributed by atoms with van der Waals surface area (Å²) >= 11 is 2.08. The minimum absolute atomic E-state index is 0.00825. The summed E-state index contributed by atoms with van der Waals surface area (Å²) in [6.45, 7) is 2.66. The second-order valence-corrected chi connectivity index (χ2v) is 5.90. The molecule has 4 atom stereocenters. The van der Waals surface area contributed by atoms with Crippen molar-refractivity contribution in [2.24, 2.45) is 11.8 Å². The molecule has 0 bridgehead atoms. The highest BCUT2D eigenvalue weighted by Gasteiger charge is 2.53. The van der Waals surface area contributed by atoms with Gasteiger partial charge in [0.2, 0.25) is 0 Å². The Kier molecular flexibility index (Phi) is 3.62. The molecule has 98 valence electrons. The van der Waals surface area contributed by atoms with Crippen molar-refractivity contribution in [2.75, 3.05) is 6.54 Å². The van der Waals surface area contributed by atoms with Crippen LogP contribution in [0.5, 0.6) is 0 Å². The molecule has 1 aliphatic carbocycles. The smallest absolute Gasteiger partial charge is 0.373 e. The van der Waals surface area contributed by atoms with Crippen molar-refractivity contribution in [3.8, 4) is 0 Å². The molecule has 1 aliphatic heterocycles. The molecule has 0 radical (unpaired) electrons. The van der Waals surface area contributed by atoms with E-state index in [1.165, 1.54) is 0 Å². The lowest BCUT2D eigenvalue weighted by molar-refractivity contribution is -0.203. The van der Waals surface area contributed by atoms with E-state index < -0.39 is 18.3 Å². The second kappa shape index (κ2) is 4.59. The minimum Gasteiger partial charge on any atom is -0.373 e. The zero-order valence-electron chi connectivity index (χ0n) is 9.35. The minimum atomic E-state index is -4.42. The van der Waals surface area contributed by atoms with Gasteiger partial charge >= 0.3 is 6.18 Å². The summed E-state index contributed by atoms with van der Waals surface area (Å²) in [5, 5.41) is 0. The van der Waals surface area contributed by atoms with E-state index in [4.69, 9.17) is 0 Å². The first-order chi connectivity index (χ1) is 7.84. The summed E-state index contributed by atoms with van der Waals surface area (Å²) in [6.07, 6.45) is -4.42. The van der Waals surface area contributed by atoms with Crippen molar-refractivity contribution in [1.82, 2.24) is 4.90 Å². The Labute approximate surface area is 111 Å². The Balaban J connectivity index is 2.17. The first kappa shape index (κ1) is 13.4. The van der Waals surface area contributed by atoms with Crippen LogP contribution in [0.3, 0.4) is 0 Å². The van der Waals surface area contributed by atoms with Gasteiger partial charge in [0.25, 0.3) is 0 Å². The molecule has 1 heterocycles. The summed E-state index contributed by atoms with van der Waals surface area (Å²) in [5.41, 5.74) is 0. The van der Waals surface area contributed by atoms with E-state index in [2.05, 4.69) is 22.6 Å². The standard InChI is InChI=1S/C11H14F4IN/c1-2-17-5-9(16)6-3-7(11(13,14)15)8(12)4-10(6)17/h5-8,10H,2-4H2,1H3. The Morgan fingerprint density at radius 1 is 1.41 bits per heavy atom. The molecular weight excluding hydrogens is 349 g/mol. The van der Waals surface area contributed by atoms with Gasteiger partial charge in [-0.2, -0.15) is 13.2 Å². The maximum absolute atomic E-state index is 13.6. The van der Waals surface area contributed by atoms with Gasteiger partial charge in [0.05, 0.1) is 5.92 Å². The maximum atomic E-state index is 13.6. The number of alkyl halides is 4. The van der Waals surface area contributed by atoms with Crippen molar-refractivity contribution in [3.63, 3.8) is 0 Å². The van der Waals surface area contributed by atoms with Crippen LogP contribution in [0.1, 0.15) is 19.8 Å². The van der Waals surface area contributed by atoms with Gasteiger partial charge in [-0.15, -0.1) is 0 Å². The zero-order chi connectivity index (χ0) is 12.8. The summed E-state index contributed by atoms with van der Waals surface area (Å²) in [7, 11) is 0. The zero-order valence-corrected chi connectivity index (χ0v) is 11.5. The van der Waals surface area contributed by atoms with Crippen LogP contribution in [0, 0.1) is 11.8 Å². The quantitative estimate of drug-likeness (QED) is 0.505. The molecule has 0 N–H and O–H groups in total. The number of nitrogens with zero attached hydrogens (tertiary/aromatic N) is 1. The molecule has 0 aromatic rings. The number of rotatable bonds is 1. The fourth-order valence-corrected chi connectivity index (χ4v) is 3.84. The Morgan fingerprint density at radius 2 is 2.06 bits per heavy atom. The number of hydrogen-bond acceptors (Lipinski definition) is 1. The van der Waals surface area contributed by atoms with Crippen LogP contribution in [-0.2, 0) is 0 Å². The average Bonchev–Trinajstić information content (AvgIpc) is 2.52. The number of fused-ring (bicyclic) bond motifs is 1. The predicted octanol–water partition coefficient (Wildman–Crippen LogP) is 3.89. The topological polar surface area (TPSA) is 3.24 Å². The summed E-state index contributed by atoms with van der Waals surface area (Å²) in [6, 6.07) is -0.0829. The normalized spacial score (nSPS) is 38.0. The first-order valence-corrected chi connectivity index (χ1v) is 6.76. The molecule has 4 unspecified atom stereocenters. The molecule has 2 aliphatic rings. The van der Waals surface area contributed by atoms with E-state index in [-0.39, 0.29) is 24.8 Å². The van der Waals surface area contributed by atoms with Crippen LogP contribution in [0.4, 0.5) is 17.6 Å². The molecule has 0 aromatic heterocycles. The molecule has 0 saturated heterocycles. The Bertz CT molecular complexity index is 328. The second-order valence-electron chi connectivity index (χ2n) is 4.65. The largest absolute Gasteiger partial charge is 0.394 e. The van der Waals surface area contributed by atoms with Gasteiger partial charge in [-0.25, -0.2) is 4.39 Å². The van der Waals surface area contributed by atoms with Gasteiger partial charge in [0, 0.05) is 34.7 Å². The van der Waals surface area contributed by atoms with Gasteiger partial charge in [-0.3, -0.25) is 0 Å². The molecule has 0 aromatic carbocycles. The highest BCUT2D eigenvalue weighted by molar-refractivity contribution is 14.1. The number of hydrogen-bond donors (Lipinski definition) is 0. The molecule has 6 heteroatoms. The third-order valence-corrected chi connectivity index (χ3v) is 4.81. The van der Waals surface area contributed by atoms with E-state index in [0.29, 0.717) is 0 Å². The Hall–Kier alpha value is -0.0100. The van der Waals surface area contributed by atoms with E-state index in [9.17, 15) is 17.6 Å². The molecule has 0 spiro atoms.